The second-order valence-corrected chi connectivity index (χ2v) is 8.62. The van der Waals surface area contributed by atoms with Crippen molar-refractivity contribution >= 4 is 16.8 Å². The number of rotatable bonds is 6. The molecule has 1 aliphatic rings. The molecule has 4 rings (SSSR count). The Kier molecular flexibility index (Phi) is 6.95. The normalized spacial score (nSPS) is 15.0. The summed E-state index contributed by atoms with van der Waals surface area (Å²) in [5.74, 6) is 0.623. The number of hydrogen-bond acceptors (Lipinski definition) is 3. The fraction of sp³-hybridized carbons (Fsp3) is 0.385. The molecule has 2 heterocycles. The van der Waals surface area contributed by atoms with Crippen molar-refractivity contribution in [3.05, 3.63) is 76.1 Å². The van der Waals surface area contributed by atoms with E-state index >= 15 is 0 Å². The lowest BCUT2D eigenvalue weighted by atomic mass is 9.90. The molecule has 34 heavy (non-hydrogen) atoms. The van der Waals surface area contributed by atoms with Crippen LogP contribution in [0.3, 0.4) is 0 Å². The van der Waals surface area contributed by atoms with Crippen molar-refractivity contribution in [1.82, 2.24) is 9.47 Å². The van der Waals surface area contributed by atoms with E-state index in [1.807, 2.05) is 18.2 Å². The van der Waals surface area contributed by atoms with Gasteiger partial charge in [0.05, 0.1) is 11.1 Å². The molecule has 8 heteroatoms. The van der Waals surface area contributed by atoms with Crippen molar-refractivity contribution in [2.45, 2.75) is 38.9 Å². The van der Waals surface area contributed by atoms with E-state index in [-0.39, 0.29) is 35.7 Å². The first-order valence-electron chi connectivity index (χ1n) is 11.5. The molecule has 0 N–H and O–H groups in total. The molecule has 0 saturated carbocycles. The van der Waals surface area contributed by atoms with Gasteiger partial charge in [0.1, 0.15) is 5.75 Å². The molecule has 180 valence electrons. The highest BCUT2D eigenvalue weighted by Gasteiger charge is 2.34. The Morgan fingerprint density at radius 1 is 1.06 bits per heavy atom. The van der Waals surface area contributed by atoms with Gasteiger partial charge in [0.25, 0.3) is 11.5 Å². The summed E-state index contributed by atoms with van der Waals surface area (Å²) < 4.78 is 47.1. The quantitative estimate of drug-likeness (QED) is 0.513. The molecule has 1 fully saturated rings. The van der Waals surface area contributed by atoms with Gasteiger partial charge in [-0.05, 0) is 49.8 Å². The molecule has 1 aromatic heterocycles. The molecule has 1 saturated heterocycles. The molecular weight excluding hydrogens is 445 g/mol. The highest BCUT2D eigenvalue weighted by molar-refractivity contribution is 5.85. The van der Waals surface area contributed by atoms with E-state index in [1.165, 1.54) is 28.3 Å². The van der Waals surface area contributed by atoms with Gasteiger partial charge in [-0.3, -0.25) is 9.59 Å². The Morgan fingerprint density at radius 3 is 2.41 bits per heavy atom. The Balaban J connectivity index is 1.40. The van der Waals surface area contributed by atoms with E-state index in [4.69, 9.17) is 4.74 Å². The first-order valence-corrected chi connectivity index (χ1v) is 11.5. The first-order chi connectivity index (χ1) is 16.3. The lowest BCUT2D eigenvalue weighted by Gasteiger charge is -2.32. The number of likely N-dealkylation sites (tertiary alicyclic amines) is 1. The molecule has 0 aliphatic carbocycles. The second-order valence-electron chi connectivity index (χ2n) is 8.62. The van der Waals surface area contributed by atoms with Gasteiger partial charge < -0.3 is 14.2 Å². The van der Waals surface area contributed by atoms with E-state index in [2.05, 4.69) is 12.1 Å². The number of aromatic nitrogens is 1. The monoisotopic (exact) mass is 472 g/mol. The molecule has 2 aromatic carbocycles. The van der Waals surface area contributed by atoms with Crippen molar-refractivity contribution in [2.75, 3.05) is 19.7 Å². The molecule has 3 aromatic rings. The average molecular weight is 473 g/mol. The van der Waals surface area contributed by atoms with E-state index in [0.717, 1.165) is 19.3 Å². The van der Waals surface area contributed by atoms with Crippen LogP contribution in [0.5, 0.6) is 5.75 Å². The standard InChI is InChI=1S/C26H27F3N2O3/c1-2-31-23-15-20(8-9-21(23)22(16-24(31)32)26(27,28)29)34-17-25(33)30-12-10-19(11-13-30)14-18-6-4-3-5-7-18/h3-9,15-16,19H,2,10-14,17H2,1H3. The van der Waals surface area contributed by atoms with Crippen molar-refractivity contribution in [1.29, 1.82) is 0 Å². The van der Waals surface area contributed by atoms with Crippen LogP contribution >= 0.6 is 0 Å². The van der Waals surface area contributed by atoms with Crippen LogP contribution in [0, 0.1) is 5.92 Å². The number of halogens is 3. The third kappa shape index (κ3) is 5.26. The van der Waals surface area contributed by atoms with Gasteiger partial charge in [-0.1, -0.05) is 30.3 Å². The van der Waals surface area contributed by atoms with Gasteiger partial charge in [-0.2, -0.15) is 13.2 Å². The van der Waals surface area contributed by atoms with Crippen LogP contribution < -0.4 is 10.3 Å². The molecule has 5 nitrogen and oxygen atoms in total. The minimum Gasteiger partial charge on any atom is -0.484 e. The Hall–Kier alpha value is -3.29. The zero-order chi connectivity index (χ0) is 24.3. The van der Waals surface area contributed by atoms with Gasteiger partial charge in [-0.15, -0.1) is 0 Å². The van der Waals surface area contributed by atoms with Crippen LogP contribution in [0.4, 0.5) is 13.2 Å². The predicted molar refractivity (Wildman–Crippen MR) is 124 cm³/mol. The van der Waals surface area contributed by atoms with Gasteiger partial charge in [0, 0.05) is 37.2 Å². The number of hydrogen-bond donors (Lipinski definition) is 0. The number of ether oxygens (including phenoxy) is 1. The summed E-state index contributed by atoms with van der Waals surface area (Å²) in [5, 5.41) is -0.0758. The van der Waals surface area contributed by atoms with Crippen LogP contribution in [-0.4, -0.2) is 35.1 Å². The minimum atomic E-state index is -4.64. The number of pyridine rings is 1. The topological polar surface area (TPSA) is 51.5 Å². The molecule has 1 amide bonds. The highest BCUT2D eigenvalue weighted by Crippen LogP contribution is 2.35. The Bertz CT molecular complexity index is 1210. The number of piperidine rings is 1. The average Bonchev–Trinajstić information content (AvgIpc) is 2.82. The summed E-state index contributed by atoms with van der Waals surface area (Å²) in [5.41, 5.74) is -0.271. The number of carbonyl (C=O) groups excluding carboxylic acids is 1. The molecule has 1 aliphatic heterocycles. The zero-order valence-corrected chi connectivity index (χ0v) is 19.0. The van der Waals surface area contributed by atoms with Gasteiger partial charge in [-0.25, -0.2) is 0 Å². The third-order valence-electron chi connectivity index (χ3n) is 6.40. The summed E-state index contributed by atoms with van der Waals surface area (Å²) in [4.78, 5) is 26.6. The van der Waals surface area contributed by atoms with Crippen LogP contribution in [0.25, 0.3) is 10.9 Å². The van der Waals surface area contributed by atoms with Crippen LogP contribution in [0.1, 0.15) is 30.9 Å². The number of nitrogens with zero attached hydrogens (tertiary/aromatic N) is 2. The fourth-order valence-corrected chi connectivity index (χ4v) is 4.58. The second kappa shape index (κ2) is 9.91. The fourth-order valence-electron chi connectivity index (χ4n) is 4.58. The van der Waals surface area contributed by atoms with Gasteiger partial charge in [0.15, 0.2) is 6.61 Å². The maximum atomic E-state index is 13.4. The minimum absolute atomic E-state index is 0.0758. The smallest absolute Gasteiger partial charge is 0.417 e. The zero-order valence-electron chi connectivity index (χ0n) is 19.0. The molecule has 0 radical (unpaired) electrons. The van der Waals surface area contributed by atoms with Crippen molar-refractivity contribution < 1.29 is 22.7 Å². The number of alkyl halides is 3. The lowest BCUT2D eigenvalue weighted by Crippen LogP contribution is -2.41. The van der Waals surface area contributed by atoms with Gasteiger partial charge >= 0.3 is 6.18 Å². The molecule has 0 unspecified atom stereocenters. The highest BCUT2D eigenvalue weighted by atomic mass is 19.4. The third-order valence-corrected chi connectivity index (χ3v) is 6.40. The summed E-state index contributed by atoms with van der Waals surface area (Å²) >= 11 is 0. The van der Waals surface area contributed by atoms with Crippen LogP contribution in [0.15, 0.2) is 59.4 Å². The maximum Gasteiger partial charge on any atom is 0.417 e. The SMILES string of the molecule is CCn1c(=O)cc(C(F)(F)F)c2ccc(OCC(=O)N3CCC(Cc4ccccc4)CC3)cc21. The van der Waals surface area contributed by atoms with E-state index in [1.54, 1.807) is 11.8 Å². The Labute approximate surface area is 195 Å². The van der Waals surface area contributed by atoms with Crippen molar-refractivity contribution in [3.8, 4) is 5.75 Å². The molecule has 0 atom stereocenters. The number of benzene rings is 2. The molecule has 0 spiro atoms. The molecular formula is C26H27F3N2O3. The van der Waals surface area contributed by atoms with Crippen LogP contribution in [0.2, 0.25) is 0 Å². The van der Waals surface area contributed by atoms with E-state index in [0.29, 0.717) is 25.1 Å². The number of fused-ring (bicyclic) bond motifs is 1. The van der Waals surface area contributed by atoms with Gasteiger partial charge in [0.2, 0.25) is 0 Å². The van der Waals surface area contributed by atoms with Crippen molar-refractivity contribution in [3.63, 3.8) is 0 Å². The maximum absolute atomic E-state index is 13.4. The van der Waals surface area contributed by atoms with E-state index < -0.39 is 17.3 Å². The lowest BCUT2D eigenvalue weighted by molar-refractivity contribution is -0.136. The summed E-state index contributed by atoms with van der Waals surface area (Å²) in [6.07, 6.45) is -1.82. The molecule has 0 bridgehead atoms. The largest absolute Gasteiger partial charge is 0.484 e. The predicted octanol–water partition coefficient (Wildman–Crippen LogP) is 4.90. The number of aryl methyl sites for hydroxylation is 1. The number of carbonyl (C=O) groups is 1. The Morgan fingerprint density at radius 2 is 1.76 bits per heavy atom. The summed E-state index contributed by atoms with van der Waals surface area (Å²) in [6.45, 7) is 3.01. The summed E-state index contributed by atoms with van der Waals surface area (Å²) in [6, 6.07) is 15.0. The number of amides is 1. The van der Waals surface area contributed by atoms with Crippen LogP contribution in [-0.2, 0) is 23.9 Å². The van der Waals surface area contributed by atoms with Crippen molar-refractivity contribution in [2.24, 2.45) is 5.92 Å². The first kappa shape index (κ1) is 23.9. The van der Waals surface area contributed by atoms with E-state index in [9.17, 15) is 22.8 Å². The summed E-state index contributed by atoms with van der Waals surface area (Å²) in [7, 11) is 0.